The van der Waals surface area contributed by atoms with Crippen LogP contribution >= 0.6 is 0 Å². The molecule has 0 aliphatic heterocycles. The van der Waals surface area contributed by atoms with Crippen LogP contribution in [0.5, 0.6) is 0 Å². The molecule has 0 fully saturated rings. The fourth-order valence-electron chi connectivity index (χ4n) is 1.37. The predicted octanol–water partition coefficient (Wildman–Crippen LogP) is 4.39. The molecular weight excluding hydrogens is 151 g/mol. The van der Waals surface area contributed by atoms with E-state index < -0.39 is 0 Å². The minimum atomic E-state index is 0.0995. The third-order valence-corrected chi connectivity index (χ3v) is 1.97. The molecule has 0 aromatic rings. The minimum absolute atomic E-state index is 0.0995. The van der Waals surface area contributed by atoms with Gasteiger partial charge >= 0.3 is 0 Å². The van der Waals surface area contributed by atoms with Gasteiger partial charge in [-0.2, -0.15) is 0 Å². The van der Waals surface area contributed by atoms with E-state index in [1.54, 1.807) is 0 Å². The van der Waals surface area contributed by atoms with Crippen LogP contribution in [0.2, 0.25) is 0 Å². The molecule has 0 saturated heterocycles. The first-order valence-corrected chi connectivity index (χ1v) is 4.80. The Morgan fingerprint density at radius 3 is 2.33 bits per heavy atom. The normalized spacial score (nSPS) is 16.6. The molecule has 0 atom stereocenters. The van der Waals surface area contributed by atoms with Crippen LogP contribution in [-0.2, 0) is 0 Å². The van der Waals surface area contributed by atoms with Crippen molar-refractivity contribution in [1.29, 1.82) is 0 Å². The lowest BCUT2D eigenvalue weighted by atomic mass is 9.96. The molecular formula is C11H19F. The van der Waals surface area contributed by atoms with Gasteiger partial charge in [0.05, 0.1) is 0 Å². The SMILES string of the molecule is CC.CCC1=C(F)CCC=C1C. The van der Waals surface area contributed by atoms with Crippen LogP contribution < -0.4 is 0 Å². The van der Waals surface area contributed by atoms with E-state index in [1.165, 1.54) is 0 Å². The molecule has 0 unspecified atom stereocenters. The minimum Gasteiger partial charge on any atom is -0.212 e. The summed E-state index contributed by atoms with van der Waals surface area (Å²) in [5.74, 6) is 0.0995. The highest BCUT2D eigenvalue weighted by Gasteiger charge is 2.09. The Hall–Kier alpha value is -0.590. The van der Waals surface area contributed by atoms with Gasteiger partial charge in [-0.15, -0.1) is 0 Å². The molecule has 12 heavy (non-hydrogen) atoms. The molecule has 0 amide bonds. The van der Waals surface area contributed by atoms with Crippen LogP contribution in [-0.4, -0.2) is 0 Å². The van der Waals surface area contributed by atoms with Gasteiger partial charge in [-0.25, -0.2) is 4.39 Å². The molecule has 1 aliphatic rings. The van der Waals surface area contributed by atoms with E-state index in [9.17, 15) is 4.39 Å². The fourth-order valence-corrected chi connectivity index (χ4v) is 1.37. The average Bonchev–Trinajstić information content (AvgIpc) is 2.08. The lowest BCUT2D eigenvalue weighted by Gasteiger charge is -2.12. The third-order valence-electron chi connectivity index (χ3n) is 1.97. The van der Waals surface area contributed by atoms with Gasteiger partial charge in [-0.3, -0.25) is 0 Å². The van der Waals surface area contributed by atoms with Crippen molar-refractivity contribution in [2.45, 2.75) is 47.0 Å². The summed E-state index contributed by atoms with van der Waals surface area (Å²) >= 11 is 0. The monoisotopic (exact) mass is 170 g/mol. The van der Waals surface area contributed by atoms with Gasteiger partial charge in [0.2, 0.25) is 0 Å². The van der Waals surface area contributed by atoms with E-state index >= 15 is 0 Å². The van der Waals surface area contributed by atoms with Crippen LogP contribution in [0.4, 0.5) is 4.39 Å². The molecule has 0 nitrogen and oxygen atoms in total. The summed E-state index contributed by atoms with van der Waals surface area (Å²) in [6.07, 6.45) is 4.43. The number of hydrogen-bond acceptors (Lipinski definition) is 0. The third kappa shape index (κ3) is 2.80. The molecule has 0 heterocycles. The molecule has 0 radical (unpaired) electrons. The van der Waals surface area contributed by atoms with E-state index in [0.29, 0.717) is 6.42 Å². The quantitative estimate of drug-likeness (QED) is 0.547. The first kappa shape index (κ1) is 11.4. The summed E-state index contributed by atoms with van der Waals surface area (Å²) in [7, 11) is 0. The Balaban J connectivity index is 0.000000561. The van der Waals surface area contributed by atoms with Crippen molar-refractivity contribution in [3.8, 4) is 0 Å². The Morgan fingerprint density at radius 1 is 1.42 bits per heavy atom. The average molecular weight is 170 g/mol. The second-order valence-corrected chi connectivity index (χ2v) is 2.66. The maximum Gasteiger partial charge on any atom is 0.104 e. The summed E-state index contributed by atoms with van der Waals surface area (Å²) in [5.41, 5.74) is 2.05. The molecule has 0 aromatic heterocycles. The van der Waals surface area contributed by atoms with Crippen molar-refractivity contribution in [1.82, 2.24) is 0 Å². The van der Waals surface area contributed by atoms with Crippen molar-refractivity contribution in [3.63, 3.8) is 0 Å². The number of allylic oxidation sites excluding steroid dienone is 4. The van der Waals surface area contributed by atoms with Crippen LogP contribution in [0, 0.1) is 0 Å². The Labute approximate surface area is 75.2 Å². The van der Waals surface area contributed by atoms with Crippen molar-refractivity contribution < 1.29 is 4.39 Å². The van der Waals surface area contributed by atoms with E-state index in [-0.39, 0.29) is 5.83 Å². The summed E-state index contributed by atoms with van der Waals surface area (Å²) < 4.78 is 12.9. The van der Waals surface area contributed by atoms with Gasteiger partial charge < -0.3 is 0 Å². The summed E-state index contributed by atoms with van der Waals surface area (Å²) in [6.45, 7) is 7.98. The van der Waals surface area contributed by atoms with Crippen LogP contribution in [0.3, 0.4) is 0 Å². The molecule has 0 saturated carbocycles. The summed E-state index contributed by atoms with van der Waals surface area (Å²) in [6, 6.07) is 0. The number of halogens is 1. The van der Waals surface area contributed by atoms with Crippen molar-refractivity contribution >= 4 is 0 Å². The Morgan fingerprint density at radius 2 is 2.00 bits per heavy atom. The first-order valence-electron chi connectivity index (χ1n) is 4.80. The highest BCUT2D eigenvalue weighted by atomic mass is 19.1. The van der Waals surface area contributed by atoms with Gasteiger partial charge in [0.25, 0.3) is 0 Å². The van der Waals surface area contributed by atoms with Crippen LogP contribution in [0.25, 0.3) is 0 Å². The fraction of sp³-hybridized carbons (Fsp3) is 0.636. The number of hydrogen-bond donors (Lipinski definition) is 0. The van der Waals surface area contributed by atoms with E-state index in [2.05, 4.69) is 6.08 Å². The molecule has 0 N–H and O–H groups in total. The second kappa shape index (κ2) is 5.99. The van der Waals surface area contributed by atoms with E-state index in [1.807, 2.05) is 27.7 Å². The van der Waals surface area contributed by atoms with Gasteiger partial charge in [-0.1, -0.05) is 26.8 Å². The van der Waals surface area contributed by atoms with Crippen LogP contribution in [0.15, 0.2) is 23.0 Å². The van der Waals surface area contributed by atoms with Gasteiger partial charge in [-0.05, 0) is 30.9 Å². The predicted molar refractivity (Wildman–Crippen MR) is 52.8 cm³/mol. The second-order valence-electron chi connectivity index (χ2n) is 2.66. The molecule has 0 spiro atoms. The highest BCUT2D eigenvalue weighted by molar-refractivity contribution is 5.34. The Kier molecular flexibility index (Phi) is 5.69. The number of rotatable bonds is 1. The maximum atomic E-state index is 12.9. The summed E-state index contributed by atoms with van der Waals surface area (Å²) in [4.78, 5) is 0. The molecule has 0 bridgehead atoms. The largest absolute Gasteiger partial charge is 0.212 e. The lowest BCUT2D eigenvalue weighted by molar-refractivity contribution is 0.569. The van der Waals surface area contributed by atoms with Crippen LogP contribution in [0.1, 0.15) is 47.0 Å². The zero-order chi connectivity index (χ0) is 9.56. The molecule has 1 heteroatoms. The molecule has 1 rings (SSSR count). The Bertz CT molecular complexity index is 187. The van der Waals surface area contributed by atoms with Crippen molar-refractivity contribution in [3.05, 3.63) is 23.0 Å². The smallest absolute Gasteiger partial charge is 0.104 e. The topological polar surface area (TPSA) is 0 Å². The zero-order valence-electron chi connectivity index (χ0n) is 8.58. The first-order chi connectivity index (χ1) is 5.75. The van der Waals surface area contributed by atoms with Crippen molar-refractivity contribution in [2.24, 2.45) is 0 Å². The van der Waals surface area contributed by atoms with Gasteiger partial charge in [0.1, 0.15) is 5.83 Å². The van der Waals surface area contributed by atoms with E-state index in [4.69, 9.17) is 0 Å². The lowest BCUT2D eigenvalue weighted by Crippen LogP contribution is -1.94. The van der Waals surface area contributed by atoms with Gasteiger partial charge in [0.15, 0.2) is 0 Å². The maximum absolute atomic E-state index is 12.9. The van der Waals surface area contributed by atoms with Crippen molar-refractivity contribution in [2.75, 3.05) is 0 Å². The summed E-state index contributed by atoms with van der Waals surface area (Å²) in [5, 5.41) is 0. The van der Waals surface area contributed by atoms with Gasteiger partial charge in [0, 0.05) is 6.42 Å². The molecule has 0 aromatic carbocycles. The standard InChI is InChI=1S/C9H13F.C2H6/c1-3-8-7(2)5-4-6-9(8)10;1-2/h5H,3-4,6H2,1-2H3;1-2H3. The molecule has 1 aliphatic carbocycles. The zero-order valence-corrected chi connectivity index (χ0v) is 8.58. The highest BCUT2D eigenvalue weighted by Crippen LogP contribution is 2.27. The van der Waals surface area contributed by atoms with E-state index in [0.717, 1.165) is 24.0 Å². The molecule has 70 valence electrons.